The lowest BCUT2D eigenvalue weighted by molar-refractivity contribution is -0.137. The van der Waals surface area contributed by atoms with Crippen molar-refractivity contribution < 1.29 is 22.8 Å². The number of benzene rings is 1. The first-order valence-electron chi connectivity index (χ1n) is 8.39. The first-order chi connectivity index (χ1) is 12.7. The molecule has 1 aliphatic heterocycles. The van der Waals surface area contributed by atoms with Gasteiger partial charge in [-0.05, 0) is 24.6 Å². The van der Waals surface area contributed by atoms with Crippen molar-refractivity contribution in [1.29, 1.82) is 5.26 Å². The van der Waals surface area contributed by atoms with E-state index in [2.05, 4.69) is 5.32 Å². The van der Waals surface area contributed by atoms with Crippen molar-refractivity contribution in [3.63, 3.8) is 0 Å². The maximum absolute atomic E-state index is 13.2. The quantitative estimate of drug-likeness (QED) is 0.826. The number of halogens is 3. The molecule has 0 aliphatic carbocycles. The summed E-state index contributed by atoms with van der Waals surface area (Å²) in [5.41, 5.74) is 4.09. The highest BCUT2D eigenvalue weighted by Gasteiger charge is 2.37. The Kier molecular flexibility index (Phi) is 6.15. The molecule has 3 N–H and O–H groups in total. The minimum Gasteiger partial charge on any atom is -0.368 e. The van der Waals surface area contributed by atoms with Gasteiger partial charge in [0.15, 0.2) is 0 Å². The van der Waals surface area contributed by atoms with Crippen molar-refractivity contribution in [3.8, 4) is 6.07 Å². The average molecular weight is 383 g/mol. The van der Waals surface area contributed by atoms with Crippen molar-refractivity contribution in [1.82, 2.24) is 10.2 Å². The summed E-state index contributed by atoms with van der Waals surface area (Å²) in [7, 11) is 0. The summed E-state index contributed by atoms with van der Waals surface area (Å²) >= 11 is 0. The monoisotopic (exact) mass is 383 g/mol. The van der Waals surface area contributed by atoms with Crippen LogP contribution in [0.5, 0.6) is 0 Å². The topological polar surface area (TPSA) is 102 Å². The summed E-state index contributed by atoms with van der Waals surface area (Å²) in [6.07, 6.45) is -3.95. The number of nitriles is 1. The van der Waals surface area contributed by atoms with Gasteiger partial charge in [0.2, 0.25) is 5.91 Å². The molecule has 10 heteroatoms. The van der Waals surface area contributed by atoms with Gasteiger partial charge in [0.25, 0.3) is 0 Å². The lowest BCUT2D eigenvalue weighted by Gasteiger charge is -2.41. The fourth-order valence-electron chi connectivity index (χ4n) is 2.90. The number of urea groups is 1. The molecule has 27 heavy (non-hydrogen) atoms. The van der Waals surface area contributed by atoms with Gasteiger partial charge in [-0.2, -0.15) is 18.4 Å². The molecule has 1 atom stereocenters. The summed E-state index contributed by atoms with van der Waals surface area (Å²) in [5, 5.41) is 11.6. The molecular weight excluding hydrogens is 363 g/mol. The molecule has 3 amide bonds. The normalized spacial score (nSPS) is 17.4. The number of primary amides is 1. The highest BCUT2D eigenvalue weighted by atomic mass is 19.4. The van der Waals surface area contributed by atoms with Gasteiger partial charge in [-0.1, -0.05) is 6.92 Å². The number of carbonyl (C=O) groups is 2. The maximum Gasteiger partial charge on any atom is 0.417 e. The molecule has 0 saturated carbocycles. The summed E-state index contributed by atoms with van der Waals surface area (Å²) < 4.78 is 39.5. The number of nitrogens with two attached hydrogens (primary N) is 1. The number of nitrogens with one attached hydrogen (secondary N) is 1. The van der Waals surface area contributed by atoms with Crippen LogP contribution < -0.4 is 16.0 Å². The highest BCUT2D eigenvalue weighted by molar-refractivity contribution is 5.87. The van der Waals surface area contributed by atoms with Crippen molar-refractivity contribution in [3.05, 3.63) is 29.3 Å². The molecule has 1 unspecified atom stereocenters. The van der Waals surface area contributed by atoms with Gasteiger partial charge in [-0.15, -0.1) is 0 Å². The van der Waals surface area contributed by atoms with E-state index in [1.54, 1.807) is 4.90 Å². The van der Waals surface area contributed by atoms with E-state index in [1.807, 2.05) is 6.92 Å². The number of hydrogen-bond acceptors (Lipinski definition) is 4. The molecule has 1 saturated heterocycles. The third-order valence-electron chi connectivity index (χ3n) is 4.29. The van der Waals surface area contributed by atoms with E-state index in [9.17, 15) is 22.8 Å². The molecule has 1 heterocycles. The van der Waals surface area contributed by atoms with E-state index >= 15 is 0 Å². The molecule has 0 radical (unpaired) electrons. The van der Waals surface area contributed by atoms with Crippen LogP contribution in [-0.2, 0) is 11.0 Å². The van der Waals surface area contributed by atoms with E-state index in [-0.39, 0.29) is 25.3 Å². The van der Waals surface area contributed by atoms with Crippen molar-refractivity contribution >= 4 is 17.6 Å². The summed E-state index contributed by atoms with van der Waals surface area (Å²) in [6.45, 7) is 2.65. The van der Waals surface area contributed by atoms with Crippen LogP contribution in [0.2, 0.25) is 0 Å². The molecule has 1 aromatic carbocycles. The molecule has 0 bridgehead atoms. The second-order valence-corrected chi connectivity index (χ2v) is 6.13. The minimum atomic E-state index is -4.67. The summed E-state index contributed by atoms with van der Waals surface area (Å²) in [5.74, 6) is -0.740. The molecule has 1 aromatic rings. The van der Waals surface area contributed by atoms with Crippen molar-refractivity contribution in [2.24, 2.45) is 5.73 Å². The van der Waals surface area contributed by atoms with E-state index in [1.165, 1.54) is 17.0 Å². The van der Waals surface area contributed by atoms with Gasteiger partial charge < -0.3 is 20.9 Å². The molecule has 2 rings (SSSR count). The zero-order valence-electron chi connectivity index (χ0n) is 14.7. The van der Waals surface area contributed by atoms with Crippen molar-refractivity contribution in [2.45, 2.75) is 25.6 Å². The lowest BCUT2D eigenvalue weighted by atomic mass is 10.0. The van der Waals surface area contributed by atoms with Crippen LogP contribution in [0.25, 0.3) is 0 Å². The van der Waals surface area contributed by atoms with Gasteiger partial charge in [0, 0.05) is 31.9 Å². The number of hydrogen-bond donors (Lipinski definition) is 2. The Morgan fingerprint density at radius 2 is 2.07 bits per heavy atom. The summed E-state index contributed by atoms with van der Waals surface area (Å²) in [6, 6.07) is 3.48. The standard InChI is InChI=1S/C17H20F3N5O2/c1-2-5-23-16(27)25-7-6-24(10-14(25)15(22)26)12-4-3-11(9-21)13(8-12)17(18,19)20/h3-4,8,14H,2,5-7,10H2,1H3,(H2,22,26)(H,23,27). The van der Waals surface area contributed by atoms with E-state index < -0.39 is 35.3 Å². The van der Waals surface area contributed by atoms with E-state index in [0.29, 0.717) is 6.54 Å². The first kappa shape index (κ1) is 20.4. The lowest BCUT2D eigenvalue weighted by Crippen LogP contribution is -2.62. The van der Waals surface area contributed by atoms with Crippen molar-refractivity contribution in [2.75, 3.05) is 31.1 Å². The molecule has 1 fully saturated rings. The van der Waals surface area contributed by atoms with Gasteiger partial charge >= 0.3 is 12.2 Å². The van der Waals surface area contributed by atoms with Crippen LogP contribution >= 0.6 is 0 Å². The number of piperazine rings is 1. The van der Waals surface area contributed by atoms with Gasteiger partial charge in [-0.3, -0.25) is 4.79 Å². The molecule has 146 valence electrons. The Labute approximate surface area is 154 Å². The number of anilines is 1. The van der Waals surface area contributed by atoms with Crippen LogP contribution in [0.3, 0.4) is 0 Å². The number of amides is 3. The van der Waals surface area contributed by atoms with E-state index in [0.717, 1.165) is 18.6 Å². The fraction of sp³-hybridized carbons (Fsp3) is 0.471. The molecule has 0 aromatic heterocycles. The number of carbonyl (C=O) groups excluding carboxylic acids is 2. The minimum absolute atomic E-state index is 0.0297. The zero-order valence-corrected chi connectivity index (χ0v) is 14.7. The Hall–Kier alpha value is -2.96. The number of alkyl halides is 3. The Morgan fingerprint density at radius 3 is 2.63 bits per heavy atom. The number of rotatable bonds is 4. The van der Waals surface area contributed by atoms with Crippen LogP contribution in [-0.4, -0.2) is 49.1 Å². The highest BCUT2D eigenvalue weighted by Crippen LogP contribution is 2.34. The number of nitrogens with zero attached hydrogens (tertiary/aromatic N) is 3. The average Bonchev–Trinajstić information content (AvgIpc) is 2.64. The Balaban J connectivity index is 2.26. The van der Waals surface area contributed by atoms with Gasteiger partial charge in [-0.25, -0.2) is 4.79 Å². The molecular formula is C17H20F3N5O2. The van der Waals surface area contributed by atoms with Crippen LogP contribution in [0.4, 0.5) is 23.7 Å². The van der Waals surface area contributed by atoms with Crippen LogP contribution in [0.15, 0.2) is 18.2 Å². The van der Waals surface area contributed by atoms with Gasteiger partial charge in [0.05, 0.1) is 17.2 Å². The smallest absolute Gasteiger partial charge is 0.368 e. The zero-order chi connectivity index (χ0) is 20.2. The predicted octanol–water partition coefficient (Wildman–Crippen LogP) is 1.67. The third kappa shape index (κ3) is 4.61. The largest absolute Gasteiger partial charge is 0.417 e. The molecule has 1 aliphatic rings. The SMILES string of the molecule is CCCNC(=O)N1CCN(c2ccc(C#N)c(C(F)(F)F)c2)CC1C(N)=O. The summed E-state index contributed by atoms with van der Waals surface area (Å²) in [4.78, 5) is 26.8. The Bertz CT molecular complexity index is 760. The van der Waals surface area contributed by atoms with Gasteiger partial charge in [0.1, 0.15) is 6.04 Å². The first-order valence-corrected chi connectivity index (χ1v) is 8.39. The second kappa shape index (κ2) is 8.16. The second-order valence-electron chi connectivity index (χ2n) is 6.13. The molecule has 7 nitrogen and oxygen atoms in total. The van der Waals surface area contributed by atoms with E-state index in [4.69, 9.17) is 11.0 Å². The Morgan fingerprint density at radius 1 is 1.37 bits per heavy atom. The maximum atomic E-state index is 13.2. The van der Waals surface area contributed by atoms with Crippen LogP contribution in [0, 0.1) is 11.3 Å². The predicted molar refractivity (Wildman–Crippen MR) is 91.8 cm³/mol. The third-order valence-corrected chi connectivity index (χ3v) is 4.29. The molecule has 0 spiro atoms. The van der Waals surface area contributed by atoms with Crippen LogP contribution in [0.1, 0.15) is 24.5 Å². The fourth-order valence-corrected chi connectivity index (χ4v) is 2.90.